The summed E-state index contributed by atoms with van der Waals surface area (Å²) in [4.78, 5) is 6.80. The van der Waals surface area contributed by atoms with Crippen molar-refractivity contribution < 1.29 is 0 Å². The van der Waals surface area contributed by atoms with Crippen LogP contribution in [0.15, 0.2) is 83.0 Å². The number of nitrogens with zero attached hydrogens (tertiary/aromatic N) is 2. The third-order valence-corrected chi connectivity index (χ3v) is 5.65. The molecule has 2 aromatic carbocycles. The molecular formula is C17H16N2S2. The molecule has 3 aromatic rings. The number of hydrogen-bond donors (Lipinski definition) is 0. The first-order chi connectivity index (χ1) is 10.3. The summed E-state index contributed by atoms with van der Waals surface area (Å²) < 4.78 is 2.37. The number of thioether (sulfide) groups is 2. The number of imidazole rings is 1. The Kier molecular flexibility index (Phi) is 4.68. The molecule has 0 saturated heterocycles. The van der Waals surface area contributed by atoms with Gasteiger partial charge in [0, 0.05) is 16.8 Å². The molecule has 21 heavy (non-hydrogen) atoms. The maximum Gasteiger partial charge on any atom is 0.101 e. The van der Waals surface area contributed by atoms with E-state index >= 15 is 0 Å². The summed E-state index contributed by atoms with van der Waals surface area (Å²) in [5.74, 6) is 0. The van der Waals surface area contributed by atoms with Crippen LogP contribution in [-0.4, -0.2) is 9.55 Å². The number of aromatic nitrogens is 2. The van der Waals surface area contributed by atoms with E-state index in [-0.39, 0.29) is 4.58 Å². The van der Waals surface area contributed by atoms with Crippen molar-refractivity contribution in [2.45, 2.75) is 14.4 Å². The SMILES string of the molecule is Cn1cncc1C(Sc1ccccc1)Sc1ccccc1. The molecule has 2 nitrogen and oxygen atoms in total. The summed E-state index contributed by atoms with van der Waals surface area (Å²) in [6, 6.07) is 21.0. The number of hydrogen-bond acceptors (Lipinski definition) is 3. The van der Waals surface area contributed by atoms with Crippen LogP contribution in [0.2, 0.25) is 0 Å². The molecule has 0 unspecified atom stereocenters. The van der Waals surface area contributed by atoms with Gasteiger partial charge in [0.2, 0.25) is 0 Å². The van der Waals surface area contributed by atoms with E-state index in [4.69, 9.17) is 0 Å². The Morgan fingerprint density at radius 1 is 0.857 bits per heavy atom. The van der Waals surface area contributed by atoms with E-state index in [9.17, 15) is 0 Å². The number of aryl methyl sites for hydroxylation is 1. The van der Waals surface area contributed by atoms with Crippen molar-refractivity contribution in [1.82, 2.24) is 9.55 Å². The third kappa shape index (κ3) is 3.71. The third-order valence-electron chi connectivity index (χ3n) is 3.07. The van der Waals surface area contributed by atoms with Gasteiger partial charge in [-0.2, -0.15) is 0 Å². The van der Waals surface area contributed by atoms with Gasteiger partial charge in [-0.3, -0.25) is 0 Å². The van der Waals surface area contributed by atoms with E-state index in [0.29, 0.717) is 0 Å². The molecule has 0 bridgehead atoms. The molecule has 0 atom stereocenters. The maximum atomic E-state index is 4.26. The zero-order chi connectivity index (χ0) is 14.5. The molecular weight excluding hydrogens is 296 g/mol. The average molecular weight is 312 g/mol. The highest BCUT2D eigenvalue weighted by atomic mass is 32.2. The van der Waals surface area contributed by atoms with Gasteiger partial charge in [-0.25, -0.2) is 4.98 Å². The van der Waals surface area contributed by atoms with Crippen molar-refractivity contribution in [1.29, 1.82) is 0 Å². The molecule has 0 aliphatic carbocycles. The minimum Gasteiger partial charge on any atom is -0.336 e. The zero-order valence-corrected chi connectivity index (χ0v) is 13.3. The smallest absolute Gasteiger partial charge is 0.101 e. The van der Waals surface area contributed by atoms with Crippen molar-refractivity contribution in [3.8, 4) is 0 Å². The van der Waals surface area contributed by atoms with Crippen LogP contribution >= 0.6 is 23.5 Å². The lowest BCUT2D eigenvalue weighted by Crippen LogP contribution is -1.97. The Morgan fingerprint density at radius 3 is 1.81 bits per heavy atom. The monoisotopic (exact) mass is 312 g/mol. The Labute approximate surface area is 133 Å². The van der Waals surface area contributed by atoms with E-state index in [0.717, 1.165) is 0 Å². The van der Waals surface area contributed by atoms with Crippen molar-refractivity contribution >= 4 is 23.5 Å². The first-order valence-electron chi connectivity index (χ1n) is 6.72. The van der Waals surface area contributed by atoms with Crippen LogP contribution in [-0.2, 0) is 7.05 Å². The summed E-state index contributed by atoms with van der Waals surface area (Å²) in [6.45, 7) is 0. The predicted octanol–water partition coefficient (Wildman–Crippen LogP) is 5.00. The van der Waals surface area contributed by atoms with Gasteiger partial charge in [-0.1, -0.05) is 36.4 Å². The van der Waals surface area contributed by atoms with Crippen molar-refractivity contribution in [3.05, 3.63) is 78.9 Å². The Morgan fingerprint density at radius 2 is 1.38 bits per heavy atom. The molecule has 1 aromatic heterocycles. The quantitative estimate of drug-likeness (QED) is 0.487. The molecule has 0 amide bonds. The molecule has 0 aliphatic rings. The topological polar surface area (TPSA) is 17.8 Å². The fourth-order valence-electron chi connectivity index (χ4n) is 1.98. The van der Waals surface area contributed by atoms with Gasteiger partial charge in [0.05, 0.1) is 18.2 Å². The largest absolute Gasteiger partial charge is 0.336 e. The summed E-state index contributed by atoms with van der Waals surface area (Å²) in [7, 11) is 2.05. The Hall–Kier alpha value is -1.65. The highest BCUT2D eigenvalue weighted by Crippen LogP contribution is 2.46. The second kappa shape index (κ2) is 6.87. The van der Waals surface area contributed by atoms with E-state index < -0.39 is 0 Å². The molecule has 3 rings (SSSR count). The van der Waals surface area contributed by atoms with Gasteiger partial charge in [0.15, 0.2) is 0 Å². The minimum absolute atomic E-state index is 0.280. The molecule has 0 N–H and O–H groups in total. The fourth-order valence-corrected chi connectivity index (χ4v) is 4.66. The standard InChI is InChI=1S/C17H16N2S2/c1-19-13-18-12-16(19)17(20-14-8-4-2-5-9-14)21-15-10-6-3-7-11-15/h2-13,17H,1H3. The van der Waals surface area contributed by atoms with Crippen LogP contribution in [0.4, 0.5) is 0 Å². The predicted molar refractivity (Wildman–Crippen MR) is 90.5 cm³/mol. The summed E-state index contributed by atoms with van der Waals surface area (Å²) >= 11 is 3.72. The molecule has 0 fully saturated rings. The lowest BCUT2D eigenvalue weighted by Gasteiger charge is -2.16. The normalized spacial score (nSPS) is 11.0. The van der Waals surface area contributed by atoms with Crippen molar-refractivity contribution in [3.63, 3.8) is 0 Å². The average Bonchev–Trinajstić information content (AvgIpc) is 2.95. The molecule has 0 saturated carbocycles. The Bertz CT molecular complexity index is 639. The summed E-state index contributed by atoms with van der Waals surface area (Å²) in [6.07, 6.45) is 3.82. The molecule has 0 spiro atoms. The Balaban J connectivity index is 1.86. The second-order valence-corrected chi connectivity index (χ2v) is 7.28. The highest BCUT2D eigenvalue weighted by Gasteiger charge is 2.18. The lowest BCUT2D eigenvalue weighted by molar-refractivity contribution is 0.863. The zero-order valence-electron chi connectivity index (χ0n) is 11.7. The van der Waals surface area contributed by atoms with Gasteiger partial charge in [-0.05, 0) is 24.3 Å². The fraction of sp³-hybridized carbons (Fsp3) is 0.118. The van der Waals surface area contributed by atoms with E-state index in [2.05, 4.69) is 58.1 Å². The minimum atomic E-state index is 0.280. The van der Waals surface area contributed by atoms with Crippen molar-refractivity contribution in [2.24, 2.45) is 7.05 Å². The van der Waals surface area contributed by atoms with Crippen LogP contribution in [0.1, 0.15) is 10.3 Å². The van der Waals surface area contributed by atoms with Crippen LogP contribution in [0.5, 0.6) is 0 Å². The van der Waals surface area contributed by atoms with Crippen LogP contribution in [0.25, 0.3) is 0 Å². The number of rotatable bonds is 5. The van der Waals surface area contributed by atoms with Gasteiger partial charge in [0.25, 0.3) is 0 Å². The van der Waals surface area contributed by atoms with Gasteiger partial charge < -0.3 is 4.57 Å². The first-order valence-corrected chi connectivity index (χ1v) is 8.48. The maximum absolute atomic E-state index is 4.26. The van der Waals surface area contributed by atoms with Crippen LogP contribution in [0.3, 0.4) is 0 Å². The second-order valence-electron chi connectivity index (χ2n) is 4.62. The van der Waals surface area contributed by atoms with E-state index in [1.165, 1.54) is 15.5 Å². The first kappa shape index (κ1) is 14.3. The molecule has 0 radical (unpaired) electrons. The van der Waals surface area contributed by atoms with Gasteiger partial charge in [-0.15, -0.1) is 23.5 Å². The summed E-state index contributed by atoms with van der Waals surface area (Å²) in [5.41, 5.74) is 1.22. The van der Waals surface area contributed by atoms with Gasteiger partial charge in [0.1, 0.15) is 4.58 Å². The van der Waals surface area contributed by atoms with Gasteiger partial charge >= 0.3 is 0 Å². The van der Waals surface area contributed by atoms with Crippen LogP contribution < -0.4 is 0 Å². The molecule has 1 heterocycles. The summed E-state index contributed by atoms with van der Waals surface area (Å²) in [5, 5.41) is 0. The number of benzene rings is 2. The molecule has 106 valence electrons. The van der Waals surface area contributed by atoms with E-state index in [1.807, 2.05) is 55.2 Å². The molecule has 4 heteroatoms. The lowest BCUT2D eigenvalue weighted by atomic mass is 10.4. The van der Waals surface area contributed by atoms with E-state index in [1.54, 1.807) is 0 Å². The van der Waals surface area contributed by atoms with Crippen molar-refractivity contribution in [2.75, 3.05) is 0 Å². The highest BCUT2D eigenvalue weighted by molar-refractivity contribution is 8.16. The van der Waals surface area contributed by atoms with Crippen LogP contribution in [0, 0.1) is 0 Å². The molecule has 0 aliphatic heterocycles.